The maximum absolute atomic E-state index is 11.1. The molecule has 20 heavy (non-hydrogen) atoms. The van der Waals surface area contributed by atoms with Crippen LogP contribution in [0.4, 0.5) is 0 Å². The molecular weight excluding hydrogens is 260 g/mol. The molecule has 0 saturated carbocycles. The number of carboxylic acids is 2. The highest BCUT2D eigenvalue weighted by Gasteiger charge is 2.14. The molecule has 1 rings (SSSR count). The van der Waals surface area contributed by atoms with Gasteiger partial charge in [-0.05, 0) is 43.0 Å². The predicted molar refractivity (Wildman–Crippen MR) is 74.2 cm³/mol. The normalized spacial score (nSPS) is 12.1. The van der Waals surface area contributed by atoms with E-state index in [-0.39, 0.29) is 11.1 Å². The molecular formula is C15H20O5. The number of unbranched alkanes of at least 4 members (excludes halogenated alkanes) is 1. The first kappa shape index (κ1) is 16.2. The van der Waals surface area contributed by atoms with Crippen LogP contribution >= 0.6 is 0 Å². The first-order valence-electron chi connectivity index (χ1n) is 6.73. The number of hydrogen-bond donors (Lipinski definition) is 3. The highest BCUT2D eigenvalue weighted by Crippen LogP contribution is 2.17. The molecule has 0 aliphatic carbocycles. The summed E-state index contributed by atoms with van der Waals surface area (Å²) in [4.78, 5) is 22.0. The van der Waals surface area contributed by atoms with Crippen molar-refractivity contribution >= 4 is 11.9 Å². The average Bonchev–Trinajstić information content (AvgIpc) is 2.42. The summed E-state index contributed by atoms with van der Waals surface area (Å²) in [5, 5.41) is 27.8. The Kier molecular flexibility index (Phi) is 6.18. The first-order chi connectivity index (χ1) is 9.45. The number of hydrogen-bond acceptors (Lipinski definition) is 3. The molecule has 0 heterocycles. The van der Waals surface area contributed by atoms with Crippen molar-refractivity contribution < 1.29 is 24.9 Å². The van der Waals surface area contributed by atoms with Gasteiger partial charge in [0.2, 0.25) is 0 Å². The minimum absolute atomic E-state index is 0.0630. The Morgan fingerprint density at radius 1 is 1.15 bits per heavy atom. The Morgan fingerprint density at radius 2 is 1.85 bits per heavy atom. The molecule has 0 aliphatic heterocycles. The third-order valence-corrected chi connectivity index (χ3v) is 3.22. The number of aliphatic hydroxyl groups is 1. The monoisotopic (exact) mass is 280 g/mol. The smallest absolute Gasteiger partial charge is 0.335 e. The van der Waals surface area contributed by atoms with Crippen molar-refractivity contribution in [3.8, 4) is 0 Å². The number of rotatable bonds is 8. The van der Waals surface area contributed by atoms with Gasteiger partial charge >= 0.3 is 11.9 Å². The molecule has 3 N–H and O–H groups in total. The maximum Gasteiger partial charge on any atom is 0.335 e. The van der Waals surface area contributed by atoms with Crippen molar-refractivity contribution in [2.24, 2.45) is 0 Å². The van der Waals surface area contributed by atoms with E-state index in [4.69, 9.17) is 10.2 Å². The van der Waals surface area contributed by atoms with E-state index in [0.29, 0.717) is 24.8 Å². The summed E-state index contributed by atoms with van der Waals surface area (Å²) in [6, 6.07) is 3.96. The van der Waals surface area contributed by atoms with Gasteiger partial charge in [0, 0.05) is 0 Å². The van der Waals surface area contributed by atoms with Gasteiger partial charge in [0.05, 0.1) is 17.2 Å². The summed E-state index contributed by atoms with van der Waals surface area (Å²) in [7, 11) is 0. The van der Waals surface area contributed by atoms with Crippen molar-refractivity contribution in [2.45, 2.75) is 45.1 Å². The van der Waals surface area contributed by atoms with E-state index in [9.17, 15) is 14.7 Å². The summed E-state index contributed by atoms with van der Waals surface area (Å²) in [6.45, 7) is 2.03. The molecule has 1 atom stereocenters. The Labute approximate surface area is 117 Å². The van der Waals surface area contributed by atoms with Gasteiger partial charge in [0.25, 0.3) is 0 Å². The summed E-state index contributed by atoms with van der Waals surface area (Å²) >= 11 is 0. The van der Waals surface area contributed by atoms with Crippen LogP contribution in [0.1, 0.15) is 58.9 Å². The number of benzene rings is 1. The molecule has 0 amide bonds. The fourth-order valence-corrected chi connectivity index (χ4v) is 2.05. The van der Waals surface area contributed by atoms with Crippen LogP contribution in [0.15, 0.2) is 18.2 Å². The molecule has 0 saturated heterocycles. The van der Waals surface area contributed by atoms with Crippen LogP contribution in [0.2, 0.25) is 0 Å². The van der Waals surface area contributed by atoms with Crippen molar-refractivity contribution in [3.05, 3.63) is 34.9 Å². The van der Waals surface area contributed by atoms with Crippen LogP contribution in [-0.4, -0.2) is 33.4 Å². The third-order valence-electron chi connectivity index (χ3n) is 3.22. The second-order valence-electron chi connectivity index (χ2n) is 4.82. The van der Waals surface area contributed by atoms with Crippen molar-refractivity contribution in [1.82, 2.24) is 0 Å². The molecule has 0 bridgehead atoms. The summed E-state index contributed by atoms with van der Waals surface area (Å²) < 4.78 is 0. The van der Waals surface area contributed by atoms with Gasteiger partial charge in [-0.25, -0.2) is 9.59 Å². The zero-order valence-electron chi connectivity index (χ0n) is 11.5. The maximum atomic E-state index is 11.1. The van der Waals surface area contributed by atoms with Crippen molar-refractivity contribution in [1.29, 1.82) is 0 Å². The van der Waals surface area contributed by atoms with E-state index in [2.05, 4.69) is 0 Å². The van der Waals surface area contributed by atoms with Crippen LogP contribution in [0.5, 0.6) is 0 Å². The van der Waals surface area contributed by atoms with Crippen molar-refractivity contribution in [2.75, 3.05) is 0 Å². The Morgan fingerprint density at radius 3 is 2.40 bits per heavy atom. The predicted octanol–water partition coefficient (Wildman–Crippen LogP) is 2.57. The summed E-state index contributed by atoms with van der Waals surface area (Å²) in [5.41, 5.74) is 0.610. The molecule has 5 nitrogen and oxygen atoms in total. The standard InChI is InChI=1S/C15H20O5/c1-2-3-4-12(16)7-5-10-9-11(14(17)18)6-8-13(10)15(19)20/h6,8-9,12,16H,2-5,7H2,1H3,(H,17,18)(H,19,20). The lowest BCUT2D eigenvalue weighted by Crippen LogP contribution is -2.11. The van der Waals surface area contributed by atoms with Gasteiger partial charge in [-0.15, -0.1) is 0 Å². The minimum Gasteiger partial charge on any atom is -0.478 e. The topological polar surface area (TPSA) is 94.8 Å². The van der Waals surface area contributed by atoms with Gasteiger partial charge in [0.1, 0.15) is 0 Å². The molecule has 1 unspecified atom stereocenters. The minimum atomic E-state index is -1.09. The lowest BCUT2D eigenvalue weighted by molar-refractivity contribution is 0.0679. The average molecular weight is 280 g/mol. The molecule has 0 spiro atoms. The Hall–Kier alpha value is -1.88. The largest absolute Gasteiger partial charge is 0.478 e. The van der Waals surface area contributed by atoms with E-state index in [1.807, 2.05) is 6.92 Å². The zero-order valence-corrected chi connectivity index (χ0v) is 11.5. The van der Waals surface area contributed by atoms with Gasteiger partial charge in [-0.1, -0.05) is 19.8 Å². The Balaban J connectivity index is 2.82. The molecule has 0 aliphatic rings. The van der Waals surface area contributed by atoms with Gasteiger partial charge in [0.15, 0.2) is 0 Å². The van der Waals surface area contributed by atoms with Crippen LogP contribution in [-0.2, 0) is 6.42 Å². The fourth-order valence-electron chi connectivity index (χ4n) is 2.05. The van der Waals surface area contributed by atoms with E-state index >= 15 is 0 Å². The van der Waals surface area contributed by atoms with E-state index in [1.165, 1.54) is 18.2 Å². The fraction of sp³-hybridized carbons (Fsp3) is 0.467. The molecule has 1 aromatic rings. The zero-order chi connectivity index (χ0) is 15.1. The highest BCUT2D eigenvalue weighted by atomic mass is 16.4. The lowest BCUT2D eigenvalue weighted by Gasteiger charge is -2.12. The number of carboxylic acid groups (broad SMARTS) is 2. The second kappa shape index (κ2) is 7.65. The van der Waals surface area contributed by atoms with Gasteiger partial charge in [-0.2, -0.15) is 0 Å². The lowest BCUT2D eigenvalue weighted by atomic mass is 9.97. The number of carbonyl (C=O) groups is 2. The molecule has 1 aromatic carbocycles. The highest BCUT2D eigenvalue weighted by molar-refractivity contribution is 5.93. The van der Waals surface area contributed by atoms with Gasteiger partial charge in [-0.3, -0.25) is 0 Å². The number of aromatic carboxylic acids is 2. The molecule has 0 radical (unpaired) electrons. The molecule has 0 aromatic heterocycles. The van der Waals surface area contributed by atoms with Crippen LogP contribution in [0.25, 0.3) is 0 Å². The third kappa shape index (κ3) is 4.66. The number of aryl methyl sites for hydroxylation is 1. The van der Waals surface area contributed by atoms with E-state index in [0.717, 1.165) is 12.8 Å². The van der Waals surface area contributed by atoms with Gasteiger partial charge < -0.3 is 15.3 Å². The SMILES string of the molecule is CCCCC(O)CCc1cc(C(=O)O)ccc1C(=O)O. The number of aliphatic hydroxyl groups excluding tert-OH is 1. The summed E-state index contributed by atoms with van der Waals surface area (Å²) in [5.74, 6) is -2.17. The molecule has 0 fully saturated rings. The molecule has 5 heteroatoms. The van der Waals surface area contributed by atoms with Crippen LogP contribution in [0.3, 0.4) is 0 Å². The second-order valence-corrected chi connectivity index (χ2v) is 4.82. The quantitative estimate of drug-likeness (QED) is 0.680. The van der Waals surface area contributed by atoms with Crippen molar-refractivity contribution in [3.63, 3.8) is 0 Å². The van der Waals surface area contributed by atoms with Crippen LogP contribution in [0, 0.1) is 0 Å². The first-order valence-corrected chi connectivity index (χ1v) is 6.73. The van der Waals surface area contributed by atoms with Crippen LogP contribution < -0.4 is 0 Å². The Bertz CT molecular complexity index is 481. The summed E-state index contributed by atoms with van der Waals surface area (Å²) in [6.07, 6.45) is 2.90. The van der Waals surface area contributed by atoms with E-state index < -0.39 is 18.0 Å². The molecule has 110 valence electrons. The van der Waals surface area contributed by atoms with E-state index in [1.54, 1.807) is 0 Å².